The maximum atomic E-state index is 10.1. The van der Waals surface area contributed by atoms with Crippen molar-refractivity contribution in [1.82, 2.24) is 0 Å². The molecule has 1 fully saturated rings. The molecule has 1 aliphatic rings. The van der Waals surface area contributed by atoms with Gasteiger partial charge in [-0.3, -0.25) is 0 Å². The third-order valence-electron chi connectivity index (χ3n) is 0.855. The molecule has 0 saturated carbocycles. The van der Waals surface area contributed by atoms with Gasteiger partial charge < -0.3 is 5.73 Å². The van der Waals surface area contributed by atoms with E-state index in [4.69, 9.17) is 5.73 Å². The standard InChI is InChI=1S/C3H7NO4S/c1-2(4)3-7-9(5,6)8-3/h2-3H,4H2,1H3. The molecule has 1 aliphatic heterocycles. The molecule has 0 aromatic carbocycles. The van der Waals surface area contributed by atoms with Crippen LogP contribution < -0.4 is 5.73 Å². The highest BCUT2D eigenvalue weighted by atomic mass is 32.3. The first-order valence-corrected chi connectivity index (χ1v) is 3.72. The Morgan fingerprint density at radius 3 is 2.11 bits per heavy atom. The van der Waals surface area contributed by atoms with E-state index in [9.17, 15) is 8.42 Å². The van der Waals surface area contributed by atoms with Crippen molar-refractivity contribution >= 4 is 10.4 Å². The minimum atomic E-state index is -3.66. The van der Waals surface area contributed by atoms with Crippen molar-refractivity contribution in [2.24, 2.45) is 5.73 Å². The van der Waals surface area contributed by atoms with Crippen LogP contribution in [0.3, 0.4) is 0 Å². The zero-order valence-corrected chi connectivity index (χ0v) is 5.59. The molecule has 0 bridgehead atoms. The van der Waals surface area contributed by atoms with Gasteiger partial charge in [-0.15, -0.1) is 0 Å². The van der Waals surface area contributed by atoms with Crippen LogP contribution in [0.2, 0.25) is 0 Å². The molecule has 0 aliphatic carbocycles. The molecule has 2 N–H and O–H groups in total. The molecule has 0 amide bonds. The summed E-state index contributed by atoms with van der Waals surface area (Å²) >= 11 is 0. The lowest BCUT2D eigenvalue weighted by atomic mass is 10.4. The lowest BCUT2D eigenvalue weighted by Crippen LogP contribution is -2.47. The highest BCUT2D eigenvalue weighted by Crippen LogP contribution is 2.19. The van der Waals surface area contributed by atoms with Crippen molar-refractivity contribution < 1.29 is 16.8 Å². The maximum Gasteiger partial charge on any atom is 0.405 e. The van der Waals surface area contributed by atoms with Gasteiger partial charge in [0, 0.05) is 0 Å². The summed E-state index contributed by atoms with van der Waals surface area (Å²) in [5.74, 6) is 0. The van der Waals surface area contributed by atoms with Crippen LogP contribution in [-0.4, -0.2) is 20.7 Å². The zero-order valence-electron chi connectivity index (χ0n) is 4.77. The maximum absolute atomic E-state index is 10.1. The average Bonchev–Trinajstić information content (AvgIpc) is 1.59. The van der Waals surface area contributed by atoms with E-state index in [1.807, 2.05) is 0 Å². The van der Waals surface area contributed by atoms with Crippen LogP contribution in [0.1, 0.15) is 6.92 Å². The molecular formula is C3H7NO4S. The molecule has 0 radical (unpaired) electrons. The fourth-order valence-electron chi connectivity index (χ4n) is 0.415. The Kier molecular flexibility index (Phi) is 1.47. The summed E-state index contributed by atoms with van der Waals surface area (Å²) in [6, 6.07) is -0.409. The van der Waals surface area contributed by atoms with Gasteiger partial charge in [0.2, 0.25) is 6.29 Å². The molecule has 6 heteroatoms. The Bertz CT molecular complexity index is 184. The van der Waals surface area contributed by atoms with Gasteiger partial charge in [-0.25, -0.2) is 8.37 Å². The van der Waals surface area contributed by atoms with Gasteiger partial charge in [-0.2, -0.15) is 8.42 Å². The average molecular weight is 153 g/mol. The highest BCUT2D eigenvalue weighted by Gasteiger charge is 2.38. The highest BCUT2D eigenvalue weighted by molar-refractivity contribution is 7.82. The largest absolute Gasteiger partial charge is 0.405 e. The quantitative estimate of drug-likeness (QED) is 0.520. The number of hydrogen-bond donors (Lipinski definition) is 1. The Morgan fingerprint density at radius 1 is 1.56 bits per heavy atom. The Morgan fingerprint density at radius 2 is 2.00 bits per heavy atom. The third kappa shape index (κ3) is 1.39. The predicted molar refractivity (Wildman–Crippen MR) is 28.5 cm³/mol. The van der Waals surface area contributed by atoms with Crippen molar-refractivity contribution in [3.63, 3.8) is 0 Å². The summed E-state index contributed by atoms with van der Waals surface area (Å²) in [7, 11) is -3.66. The summed E-state index contributed by atoms with van der Waals surface area (Å²) in [5, 5.41) is 0. The zero-order chi connectivity index (χ0) is 7.07. The van der Waals surface area contributed by atoms with Crippen molar-refractivity contribution in [3.05, 3.63) is 0 Å². The molecule has 54 valence electrons. The molecule has 1 heterocycles. The topological polar surface area (TPSA) is 78.6 Å². The SMILES string of the molecule is CC(N)C1OS(=O)(=O)O1. The molecule has 1 unspecified atom stereocenters. The molecule has 1 saturated heterocycles. The first kappa shape index (κ1) is 6.94. The monoisotopic (exact) mass is 153 g/mol. The van der Waals surface area contributed by atoms with E-state index in [1.54, 1.807) is 6.92 Å². The van der Waals surface area contributed by atoms with Gasteiger partial charge in [0.1, 0.15) is 0 Å². The molecule has 9 heavy (non-hydrogen) atoms. The summed E-state index contributed by atoms with van der Waals surface area (Å²) in [6.07, 6.45) is -0.782. The number of rotatable bonds is 1. The Hall–Kier alpha value is -0.170. The smallest absolute Gasteiger partial charge is 0.324 e. The number of hydrogen-bond acceptors (Lipinski definition) is 5. The van der Waals surface area contributed by atoms with Crippen molar-refractivity contribution in [2.75, 3.05) is 0 Å². The van der Waals surface area contributed by atoms with E-state index in [2.05, 4.69) is 8.37 Å². The van der Waals surface area contributed by atoms with Crippen LogP contribution >= 0.6 is 0 Å². The van der Waals surface area contributed by atoms with Crippen LogP contribution in [0, 0.1) is 0 Å². The van der Waals surface area contributed by atoms with E-state index in [0.29, 0.717) is 0 Å². The second-order valence-electron chi connectivity index (χ2n) is 1.83. The minimum Gasteiger partial charge on any atom is -0.324 e. The molecule has 1 rings (SSSR count). The Balaban J connectivity index is 2.45. The van der Waals surface area contributed by atoms with E-state index in [-0.39, 0.29) is 0 Å². The lowest BCUT2D eigenvalue weighted by molar-refractivity contribution is -0.0904. The van der Waals surface area contributed by atoms with Gasteiger partial charge in [0.15, 0.2) is 0 Å². The molecular weight excluding hydrogens is 146 g/mol. The first-order valence-electron chi connectivity index (χ1n) is 2.38. The second kappa shape index (κ2) is 1.91. The van der Waals surface area contributed by atoms with Crippen LogP contribution in [0.4, 0.5) is 0 Å². The van der Waals surface area contributed by atoms with Crippen LogP contribution in [0.5, 0.6) is 0 Å². The fourth-order valence-corrected chi connectivity index (χ4v) is 1.24. The van der Waals surface area contributed by atoms with Gasteiger partial charge in [0.25, 0.3) is 0 Å². The molecule has 1 atom stereocenters. The van der Waals surface area contributed by atoms with Gasteiger partial charge >= 0.3 is 10.4 Å². The minimum absolute atomic E-state index is 0.409. The van der Waals surface area contributed by atoms with Gasteiger partial charge in [-0.1, -0.05) is 0 Å². The van der Waals surface area contributed by atoms with E-state index in [1.165, 1.54) is 0 Å². The van der Waals surface area contributed by atoms with Crippen LogP contribution in [0.15, 0.2) is 0 Å². The Labute approximate surface area is 53.1 Å². The molecule has 5 nitrogen and oxygen atoms in total. The van der Waals surface area contributed by atoms with Crippen LogP contribution in [0.25, 0.3) is 0 Å². The first-order chi connectivity index (χ1) is 4.01. The summed E-state index contributed by atoms with van der Waals surface area (Å²) < 4.78 is 28.6. The normalized spacial score (nSPS) is 29.1. The second-order valence-corrected chi connectivity index (χ2v) is 3.03. The van der Waals surface area contributed by atoms with Crippen molar-refractivity contribution in [1.29, 1.82) is 0 Å². The van der Waals surface area contributed by atoms with E-state index < -0.39 is 22.7 Å². The summed E-state index contributed by atoms with van der Waals surface area (Å²) in [6.45, 7) is 1.60. The lowest BCUT2D eigenvalue weighted by Gasteiger charge is -2.27. The number of nitrogens with two attached hydrogens (primary N) is 1. The third-order valence-corrected chi connectivity index (χ3v) is 1.71. The molecule has 0 aromatic rings. The van der Waals surface area contributed by atoms with Gasteiger partial charge in [-0.05, 0) is 6.92 Å². The van der Waals surface area contributed by atoms with E-state index in [0.717, 1.165) is 0 Å². The predicted octanol–water partition coefficient (Wildman–Crippen LogP) is -1.05. The van der Waals surface area contributed by atoms with Gasteiger partial charge in [0.05, 0.1) is 6.04 Å². The fraction of sp³-hybridized carbons (Fsp3) is 1.00. The summed E-state index contributed by atoms with van der Waals surface area (Å²) in [4.78, 5) is 0. The van der Waals surface area contributed by atoms with Crippen molar-refractivity contribution in [2.45, 2.75) is 19.3 Å². The van der Waals surface area contributed by atoms with E-state index >= 15 is 0 Å². The van der Waals surface area contributed by atoms with Crippen molar-refractivity contribution in [3.8, 4) is 0 Å². The van der Waals surface area contributed by atoms with Crippen LogP contribution in [-0.2, 0) is 18.8 Å². The molecule has 0 spiro atoms. The summed E-state index contributed by atoms with van der Waals surface area (Å²) in [5.41, 5.74) is 5.20. The molecule has 0 aromatic heterocycles.